The number of benzene rings is 3. The minimum Gasteiger partial charge on any atom is -0.494 e. The molecule has 0 spiro atoms. The standard InChI is InChI=1S/C24H26N2O6S/c1-5-32-20-11-8-18(9-12-20)25-33(28,29)21-13-6-17(7-14-21)24(27)26(2)19-10-15-22(30-3)23(16-19)31-4/h6-16,25H,5H2,1-4H3. The third-order valence-corrected chi connectivity index (χ3v) is 6.29. The average Bonchev–Trinajstić information content (AvgIpc) is 2.84. The van der Waals surface area contributed by atoms with Crippen LogP contribution in [-0.4, -0.2) is 42.2 Å². The summed E-state index contributed by atoms with van der Waals surface area (Å²) in [5.41, 5.74) is 1.35. The summed E-state index contributed by atoms with van der Waals surface area (Å²) >= 11 is 0. The lowest BCUT2D eigenvalue weighted by atomic mass is 10.2. The molecule has 3 aromatic rings. The van der Waals surface area contributed by atoms with E-state index in [4.69, 9.17) is 14.2 Å². The largest absolute Gasteiger partial charge is 0.494 e. The molecule has 1 N–H and O–H groups in total. The predicted octanol–water partition coefficient (Wildman–Crippen LogP) is 4.18. The van der Waals surface area contributed by atoms with Gasteiger partial charge in [-0.3, -0.25) is 9.52 Å². The minimum atomic E-state index is -3.82. The van der Waals surface area contributed by atoms with Gasteiger partial charge in [-0.15, -0.1) is 0 Å². The molecule has 0 aromatic heterocycles. The van der Waals surface area contributed by atoms with E-state index in [9.17, 15) is 13.2 Å². The number of rotatable bonds is 9. The van der Waals surface area contributed by atoms with Crippen LogP contribution in [-0.2, 0) is 10.0 Å². The van der Waals surface area contributed by atoms with Crippen molar-refractivity contribution < 1.29 is 27.4 Å². The highest BCUT2D eigenvalue weighted by molar-refractivity contribution is 7.92. The summed E-state index contributed by atoms with van der Waals surface area (Å²) in [4.78, 5) is 14.4. The average molecular weight is 471 g/mol. The van der Waals surface area contributed by atoms with Crippen molar-refractivity contribution in [3.63, 3.8) is 0 Å². The summed E-state index contributed by atoms with van der Waals surface area (Å²) in [6.45, 7) is 2.40. The number of carbonyl (C=O) groups excluding carboxylic acids is 1. The number of anilines is 2. The van der Waals surface area contributed by atoms with E-state index in [2.05, 4.69) is 4.72 Å². The van der Waals surface area contributed by atoms with Crippen LogP contribution in [0.25, 0.3) is 0 Å². The van der Waals surface area contributed by atoms with Gasteiger partial charge in [-0.2, -0.15) is 0 Å². The van der Waals surface area contributed by atoms with Crippen molar-refractivity contribution in [1.29, 1.82) is 0 Å². The summed E-state index contributed by atoms with van der Waals surface area (Å²) in [7, 11) is 0.863. The molecule has 0 saturated carbocycles. The Morgan fingerprint density at radius 2 is 1.55 bits per heavy atom. The molecule has 0 aliphatic heterocycles. The van der Waals surface area contributed by atoms with Gasteiger partial charge in [-0.25, -0.2) is 8.42 Å². The number of carbonyl (C=O) groups is 1. The summed E-state index contributed by atoms with van der Waals surface area (Å²) < 4.78 is 43.8. The molecule has 0 bridgehead atoms. The molecule has 0 fully saturated rings. The number of sulfonamides is 1. The second-order valence-electron chi connectivity index (χ2n) is 6.99. The molecule has 0 aliphatic carbocycles. The highest BCUT2D eigenvalue weighted by atomic mass is 32.2. The van der Waals surface area contributed by atoms with E-state index in [0.29, 0.717) is 40.8 Å². The molecular weight excluding hydrogens is 444 g/mol. The van der Waals surface area contributed by atoms with Crippen LogP contribution >= 0.6 is 0 Å². The second-order valence-corrected chi connectivity index (χ2v) is 8.67. The zero-order valence-corrected chi connectivity index (χ0v) is 19.7. The first-order chi connectivity index (χ1) is 15.8. The Bertz CT molecular complexity index is 1210. The van der Waals surface area contributed by atoms with Gasteiger partial charge in [0, 0.05) is 30.1 Å². The Labute approximate surface area is 193 Å². The molecular formula is C24H26N2O6S. The van der Waals surface area contributed by atoms with E-state index < -0.39 is 10.0 Å². The molecule has 0 radical (unpaired) electrons. The van der Waals surface area contributed by atoms with Crippen LogP contribution in [0.15, 0.2) is 71.6 Å². The van der Waals surface area contributed by atoms with Crippen molar-refractivity contribution in [1.82, 2.24) is 0 Å². The quantitative estimate of drug-likeness (QED) is 0.504. The zero-order chi connectivity index (χ0) is 24.0. The Balaban J connectivity index is 1.75. The van der Waals surface area contributed by atoms with Crippen molar-refractivity contribution in [2.24, 2.45) is 0 Å². The molecule has 0 unspecified atom stereocenters. The number of nitrogens with zero attached hydrogens (tertiary/aromatic N) is 1. The molecule has 0 saturated heterocycles. The Kier molecular flexibility index (Phi) is 7.44. The van der Waals surface area contributed by atoms with Crippen LogP contribution in [0.2, 0.25) is 0 Å². The van der Waals surface area contributed by atoms with E-state index in [-0.39, 0.29) is 10.8 Å². The van der Waals surface area contributed by atoms with Gasteiger partial charge in [0.25, 0.3) is 15.9 Å². The maximum absolute atomic E-state index is 12.9. The molecule has 33 heavy (non-hydrogen) atoms. The fourth-order valence-corrected chi connectivity index (χ4v) is 4.18. The van der Waals surface area contributed by atoms with Crippen molar-refractivity contribution in [2.45, 2.75) is 11.8 Å². The third kappa shape index (κ3) is 5.56. The third-order valence-electron chi connectivity index (χ3n) is 4.89. The van der Waals surface area contributed by atoms with Crippen molar-refractivity contribution in [3.05, 3.63) is 72.3 Å². The normalized spacial score (nSPS) is 10.9. The number of ether oxygens (including phenoxy) is 3. The highest BCUT2D eigenvalue weighted by Gasteiger charge is 2.18. The van der Waals surface area contributed by atoms with E-state index in [1.807, 2.05) is 6.92 Å². The van der Waals surface area contributed by atoms with Crippen molar-refractivity contribution in [2.75, 3.05) is 37.5 Å². The fraction of sp³-hybridized carbons (Fsp3) is 0.208. The predicted molar refractivity (Wildman–Crippen MR) is 127 cm³/mol. The lowest BCUT2D eigenvalue weighted by molar-refractivity contribution is 0.0993. The summed E-state index contributed by atoms with van der Waals surface area (Å²) in [6, 6.07) is 17.5. The van der Waals surface area contributed by atoms with Crippen molar-refractivity contribution in [3.8, 4) is 17.2 Å². The number of hydrogen-bond acceptors (Lipinski definition) is 6. The highest BCUT2D eigenvalue weighted by Crippen LogP contribution is 2.31. The molecule has 9 heteroatoms. The topological polar surface area (TPSA) is 94.2 Å². The van der Waals surface area contributed by atoms with Crippen LogP contribution < -0.4 is 23.8 Å². The maximum Gasteiger partial charge on any atom is 0.261 e. The van der Waals surface area contributed by atoms with Crippen LogP contribution in [0.3, 0.4) is 0 Å². The van der Waals surface area contributed by atoms with Gasteiger partial charge in [0.2, 0.25) is 0 Å². The van der Waals surface area contributed by atoms with E-state index in [1.54, 1.807) is 49.5 Å². The van der Waals surface area contributed by atoms with Gasteiger partial charge in [-0.05, 0) is 67.6 Å². The molecule has 3 rings (SSSR count). The van der Waals surface area contributed by atoms with Crippen LogP contribution in [0, 0.1) is 0 Å². The molecule has 8 nitrogen and oxygen atoms in total. The van der Waals surface area contributed by atoms with Gasteiger partial charge in [-0.1, -0.05) is 0 Å². The number of hydrogen-bond donors (Lipinski definition) is 1. The summed E-state index contributed by atoms with van der Waals surface area (Å²) in [6.07, 6.45) is 0. The molecule has 0 heterocycles. The van der Waals surface area contributed by atoms with Crippen LogP contribution in [0.5, 0.6) is 17.2 Å². The molecule has 1 amide bonds. The molecule has 0 aliphatic rings. The Morgan fingerprint density at radius 3 is 2.12 bits per heavy atom. The second kappa shape index (κ2) is 10.3. The van der Waals surface area contributed by atoms with Gasteiger partial charge in [0.05, 0.1) is 25.7 Å². The number of methoxy groups -OCH3 is 2. The fourth-order valence-electron chi connectivity index (χ4n) is 3.12. The SMILES string of the molecule is CCOc1ccc(NS(=O)(=O)c2ccc(C(=O)N(C)c3ccc(OC)c(OC)c3)cc2)cc1. The van der Waals surface area contributed by atoms with Crippen LogP contribution in [0.1, 0.15) is 17.3 Å². The lowest BCUT2D eigenvalue weighted by Crippen LogP contribution is -2.26. The summed E-state index contributed by atoms with van der Waals surface area (Å²) in [5.74, 6) is 1.40. The van der Waals surface area contributed by atoms with Gasteiger partial charge >= 0.3 is 0 Å². The lowest BCUT2D eigenvalue weighted by Gasteiger charge is -2.19. The van der Waals surface area contributed by atoms with E-state index in [1.165, 1.54) is 43.4 Å². The zero-order valence-electron chi connectivity index (χ0n) is 18.9. The first-order valence-electron chi connectivity index (χ1n) is 10.1. The minimum absolute atomic E-state index is 0.0432. The van der Waals surface area contributed by atoms with Crippen molar-refractivity contribution >= 4 is 27.3 Å². The van der Waals surface area contributed by atoms with Gasteiger partial charge in [0.15, 0.2) is 11.5 Å². The molecule has 3 aromatic carbocycles. The molecule has 0 atom stereocenters. The summed E-state index contributed by atoms with van der Waals surface area (Å²) in [5, 5.41) is 0. The number of nitrogens with one attached hydrogen (secondary N) is 1. The number of amides is 1. The first-order valence-corrected chi connectivity index (χ1v) is 11.6. The van der Waals surface area contributed by atoms with Gasteiger partial charge in [0.1, 0.15) is 5.75 Å². The van der Waals surface area contributed by atoms with E-state index >= 15 is 0 Å². The van der Waals surface area contributed by atoms with E-state index in [0.717, 1.165) is 0 Å². The maximum atomic E-state index is 12.9. The Morgan fingerprint density at radius 1 is 0.909 bits per heavy atom. The van der Waals surface area contributed by atoms with Gasteiger partial charge < -0.3 is 19.1 Å². The van der Waals surface area contributed by atoms with Crippen LogP contribution in [0.4, 0.5) is 11.4 Å². The molecule has 174 valence electrons. The smallest absolute Gasteiger partial charge is 0.261 e. The Hall–Kier alpha value is -3.72. The monoisotopic (exact) mass is 470 g/mol. The first kappa shape index (κ1) is 23.9.